The Morgan fingerprint density at radius 3 is 2.21 bits per heavy atom. The zero-order valence-corrected chi connectivity index (χ0v) is 14.3. The van der Waals surface area contributed by atoms with E-state index < -0.39 is 15.7 Å². The summed E-state index contributed by atoms with van der Waals surface area (Å²) in [5.41, 5.74) is 7.14. The second-order valence-electron chi connectivity index (χ2n) is 5.97. The lowest BCUT2D eigenvalue weighted by atomic mass is 10.2. The number of hydrogen-bond acceptors (Lipinski definition) is 5. The highest BCUT2D eigenvalue weighted by Gasteiger charge is 2.22. The van der Waals surface area contributed by atoms with Gasteiger partial charge in [-0.25, -0.2) is 12.8 Å². The predicted molar refractivity (Wildman–Crippen MR) is 92.4 cm³/mol. The van der Waals surface area contributed by atoms with E-state index in [9.17, 15) is 12.8 Å². The van der Waals surface area contributed by atoms with Gasteiger partial charge in [-0.2, -0.15) is 0 Å². The van der Waals surface area contributed by atoms with E-state index in [1.54, 1.807) is 12.1 Å². The maximum absolute atomic E-state index is 13.0. The van der Waals surface area contributed by atoms with Crippen molar-refractivity contribution in [3.63, 3.8) is 0 Å². The molecule has 1 aliphatic rings. The molecule has 0 radical (unpaired) electrons. The van der Waals surface area contributed by atoms with Gasteiger partial charge < -0.3 is 15.5 Å². The first-order valence-electron chi connectivity index (χ1n) is 7.71. The second-order valence-corrected chi connectivity index (χ2v) is 7.89. The lowest BCUT2D eigenvalue weighted by Gasteiger charge is -2.34. The van der Waals surface area contributed by atoms with E-state index >= 15 is 0 Å². The van der Waals surface area contributed by atoms with Gasteiger partial charge in [0, 0.05) is 31.9 Å². The first-order chi connectivity index (χ1) is 11.4. The van der Waals surface area contributed by atoms with Gasteiger partial charge in [-0.05, 0) is 49.5 Å². The fraction of sp³-hybridized carbons (Fsp3) is 0.294. The van der Waals surface area contributed by atoms with Gasteiger partial charge in [0.05, 0.1) is 15.5 Å². The van der Waals surface area contributed by atoms with Gasteiger partial charge in [-0.1, -0.05) is 0 Å². The molecule has 3 rings (SSSR count). The Balaban J connectivity index is 1.91. The third-order valence-electron chi connectivity index (χ3n) is 4.28. The van der Waals surface area contributed by atoms with Gasteiger partial charge in [-0.15, -0.1) is 0 Å². The van der Waals surface area contributed by atoms with Crippen molar-refractivity contribution in [3.8, 4) is 0 Å². The number of piperazine rings is 1. The summed E-state index contributed by atoms with van der Waals surface area (Å²) in [7, 11) is -1.69. The quantitative estimate of drug-likeness (QED) is 0.678. The summed E-state index contributed by atoms with van der Waals surface area (Å²) in [6, 6.07) is 9.75. The molecule has 1 aliphatic heterocycles. The van der Waals surface area contributed by atoms with E-state index in [-0.39, 0.29) is 15.5 Å². The van der Waals surface area contributed by atoms with E-state index in [0.717, 1.165) is 44.0 Å². The van der Waals surface area contributed by atoms with Crippen LogP contribution in [0.2, 0.25) is 0 Å². The number of nitrogens with zero attached hydrogens (tertiary/aromatic N) is 2. The van der Waals surface area contributed by atoms with E-state index in [0.29, 0.717) is 0 Å². The molecule has 1 fully saturated rings. The molecule has 128 valence electrons. The molecule has 2 aromatic rings. The molecule has 0 saturated carbocycles. The van der Waals surface area contributed by atoms with Crippen molar-refractivity contribution in [2.45, 2.75) is 9.79 Å². The van der Waals surface area contributed by atoms with Crippen molar-refractivity contribution in [1.29, 1.82) is 0 Å². The van der Waals surface area contributed by atoms with Crippen LogP contribution in [0.4, 0.5) is 15.8 Å². The van der Waals surface area contributed by atoms with Crippen LogP contribution in [-0.2, 0) is 9.84 Å². The molecule has 24 heavy (non-hydrogen) atoms. The number of nitrogen functional groups attached to an aromatic ring is 1. The highest BCUT2D eigenvalue weighted by molar-refractivity contribution is 7.91. The third kappa shape index (κ3) is 3.22. The van der Waals surface area contributed by atoms with Crippen molar-refractivity contribution in [3.05, 3.63) is 48.3 Å². The van der Waals surface area contributed by atoms with Crippen LogP contribution in [0.5, 0.6) is 0 Å². The van der Waals surface area contributed by atoms with Crippen molar-refractivity contribution in [1.82, 2.24) is 4.90 Å². The smallest absolute Gasteiger partial charge is 0.208 e. The number of nitrogens with two attached hydrogens (primary N) is 1. The van der Waals surface area contributed by atoms with Crippen LogP contribution < -0.4 is 10.6 Å². The summed E-state index contributed by atoms with van der Waals surface area (Å²) in [6.07, 6.45) is 0. The molecule has 1 heterocycles. The zero-order valence-electron chi connectivity index (χ0n) is 13.4. The van der Waals surface area contributed by atoms with Gasteiger partial charge in [0.1, 0.15) is 5.82 Å². The minimum absolute atomic E-state index is 0.0305. The number of rotatable bonds is 3. The maximum Gasteiger partial charge on any atom is 0.208 e. The summed E-state index contributed by atoms with van der Waals surface area (Å²) in [6.45, 7) is 3.66. The Bertz CT molecular complexity index is 829. The average molecular weight is 349 g/mol. The van der Waals surface area contributed by atoms with Crippen LogP contribution in [0.3, 0.4) is 0 Å². The van der Waals surface area contributed by atoms with Gasteiger partial charge in [0.2, 0.25) is 9.84 Å². The molecule has 1 saturated heterocycles. The monoisotopic (exact) mass is 349 g/mol. The molecule has 5 nitrogen and oxygen atoms in total. The second kappa shape index (κ2) is 6.41. The molecular weight excluding hydrogens is 329 g/mol. The van der Waals surface area contributed by atoms with Gasteiger partial charge in [0.15, 0.2) is 0 Å². The molecule has 2 N–H and O–H groups in total. The van der Waals surface area contributed by atoms with Gasteiger partial charge in [0.25, 0.3) is 0 Å². The Labute approximate surface area is 141 Å². The average Bonchev–Trinajstić information content (AvgIpc) is 2.55. The highest BCUT2D eigenvalue weighted by Crippen LogP contribution is 2.30. The first kappa shape index (κ1) is 16.7. The minimum Gasteiger partial charge on any atom is -0.398 e. The first-order valence-corrected chi connectivity index (χ1v) is 9.20. The van der Waals surface area contributed by atoms with Crippen LogP contribution in [0.25, 0.3) is 0 Å². The Kier molecular flexibility index (Phi) is 4.47. The molecule has 0 unspecified atom stereocenters. The standard InChI is InChI=1S/C17H20FN3O2S/c1-20-8-10-21(11-9-20)14-4-7-17(16(19)12-14)24(22,23)15-5-2-13(18)3-6-15/h2-7,12H,8-11,19H2,1H3. The highest BCUT2D eigenvalue weighted by atomic mass is 32.2. The number of sulfone groups is 1. The number of hydrogen-bond donors (Lipinski definition) is 1. The molecule has 0 aromatic heterocycles. The van der Waals surface area contributed by atoms with E-state index in [2.05, 4.69) is 16.8 Å². The number of likely N-dealkylation sites (N-methyl/N-ethyl adjacent to an activating group) is 1. The molecule has 2 aromatic carbocycles. The van der Waals surface area contributed by atoms with Crippen LogP contribution >= 0.6 is 0 Å². The minimum atomic E-state index is -3.76. The summed E-state index contributed by atoms with van der Waals surface area (Å²) in [5.74, 6) is -0.479. The van der Waals surface area contributed by atoms with Crippen LogP contribution in [-0.4, -0.2) is 46.5 Å². The molecule has 0 spiro atoms. The van der Waals surface area contributed by atoms with Crippen molar-refractivity contribution < 1.29 is 12.8 Å². The molecule has 7 heteroatoms. The molecule has 0 atom stereocenters. The predicted octanol–water partition coefficient (Wildman–Crippen LogP) is 1.99. The van der Waals surface area contributed by atoms with Gasteiger partial charge >= 0.3 is 0 Å². The van der Waals surface area contributed by atoms with Crippen molar-refractivity contribution in [2.24, 2.45) is 0 Å². The Hall–Kier alpha value is -2.12. The molecular formula is C17H20FN3O2S. The Morgan fingerprint density at radius 1 is 1.00 bits per heavy atom. The lowest BCUT2D eigenvalue weighted by molar-refractivity contribution is 0.313. The SMILES string of the molecule is CN1CCN(c2ccc(S(=O)(=O)c3ccc(F)cc3)c(N)c2)CC1. The summed E-state index contributed by atoms with van der Waals surface area (Å²) in [5, 5.41) is 0. The molecule has 0 bridgehead atoms. The van der Waals surface area contributed by atoms with Crippen LogP contribution in [0.15, 0.2) is 52.3 Å². The molecule has 0 aliphatic carbocycles. The third-order valence-corrected chi connectivity index (χ3v) is 6.12. The van der Waals surface area contributed by atoms with E-state index in [1.807, 2.05) is 0 Å². The zero-order chi connectivity index (χ0) is 17.3. The normalized spacial score (nSPS) is 16.3. The van der Waals surface area contributed by atoms with Gasteiger partial charge in [-0.3, -0.25) is 0 Å². The number of halogens is 1. The van der Waals surface area contributed by atoms with Crippen LogP contribution in [0, 0.1) is 5.82 Å². The summed E-state index contributed by atoms with van der Waals surface area (Å²) in [4.78, 5) is 4.51. The maximum atomic E-state index is 13.0. The largest absolute Gasteiger partial charge is 0.398 e. The van der Waals surface area contributed by atoms with E-state index in [4.69, 9.17) is 5.73 Å². The Morgan fingerprint density at radius 2 is 1.62 bits per heavy atom. The van der Waals surface area contributed by atoms with Crippen molar-refractivity contribution >= 4 is 21.2 Å². The molecule has 0 amide bonds. The van der Waals surface area contributed by atoms with Crippen molar-refractivity contribution in [2.75, 3.05) is 43.9 Å². The number of anilines is 2. The summed E-state index contributed by atoms with van der Waals surface area (Å²) < 4.78 is 38.4. The lowest BCUT2D eigenvalue weighted by Crippen LogP contribution is -2.44. The fourth-order valence-electron chi connectivity index (χ4n) is 2.78. The van der Waals surface area contributed by atoms with E-state index in [1.165, 1.54) is 18.2 Å². The fourth-order valence-corrected chi connectivity index (χ4v) is 4.15. The van der Waals surface area contributed by atoms with Crippen LogP contribution in [0.1, 0.15) is 0 Å². The number of benzene rings is 2. The topological polar surface area (TPSA) is 66.6 Å². The summed E-state index contributed by atoms with van der Waals surface area (Å²) >= 11 is 0.